The van der Waals surface area contributed by atoms with Crippen LogP contribution in [0.4, 0.5) is 0 Å². The topological polar surface area (TPSA) is 63.8 Å². The maximum atomic E-state index is 8.43. The Labute approximate surface area is 45.9 Å². The number of aliphatic hydroxyl groups is 1. The summed E-state index contributed by atoms with van der Waals surface area (Å²) in [7, 11) is 0. The van der Waals surface area contributed by atoms with Crippen molar-refractivity contribution in [2.45, 2.75) is 13.7 Å². The van der Waals surface area contributed by atoms with Crippen LogP contribution in [0.5, 0.6) is 0 Å². The first kappa shape index (κ1) is 5.17. The van der Waals surface area contributed by atoms with E-state index >= 15 is 0 Å². The van der Waals surface area contributed by atoms with Crippen LogP contribution in [0, 0.1) is 6.92 Å². The first-order valence-corrected chi connectivity index (χ1v) is 2.18. The molecular weight excluding hydrogens is 108 g/mol. The first-order valence-electron chi connectivity index (χ1n) is 2.18. The van der Waals surface area contributed by atoms with Gasteiger partial charge in [0.15, 0.2) is 5.82 Å². The van der Waals surface area contributed by atoms with Gasteiger partial charge in [0.05, 0.1) is 0 Å². The summed E-state index contributed by atoms with van der Waals surface area (Å²) in [5.41, 5.74) is 0. The second-order valence-electron chi connectivity index (χ2n) is 1.37. The number of tetrazole rings is 1. The molecule has 0 saturated carbocycles. The Balaban J connectivity index is 2.92. The number of hydrogen-bond acceptors (Lipinski definition) is 4. The zero-order valence-electron chi connectivity index (χ0n) is 4.44. The lowest BCUT2D eigenvalue weighted by Gasteiger charge is -1.89. The summed E-state index contributed by atoms with van der Waals surface area (Å²) < 4.78 is 1.29. The number of aliphatic hydroxyl groups excluding tert-OH is 1. The lowest BCUT2D eigenvalue weighted by atomic mass is 10.7. The van der Waals surface area contributed by atoms with Crippen molar-refractivity contribution in [3.63, 3.8) is 0 Å². The van der Waals surface area contributed by atoms with Gasteiger partial charge in [0.2, 0.25) is 0 Å². The van der Waals surface area contributed by atoms with Crippen LogP contribution in [-0.4, -0.2) is 25.3 Å². The summed E-state index contributed by atoms with van der Waals surface area (Å²) >= 11 is 0. The lowest BCUT2D eigenvalue weighted by Crippen LogP contribution is -2.00. The molecule has 0 fully saturated rings. The van der Waals surface area contributed by atoms with Crippen molar-refractivity contribution in [1.29, 1.82) is 0 Å². The van der Waals surface area contributed by atoms with Gasteiger partial charge < -0.3 is 5.11 Å². The van der Waals surface area contributed by atoms with E-state index in [1.807, 2.05) is 0 Å². The van der Waals surface area contributed by atoms with E-state index in [-0.39, 0.29) is 6.73 Å². The number of hydrogen-bond donors (Lipinski definition) is 1. The number of aryl methyl sites for hydroxylation is 1. The van der Waals surface area contributed by atoms with Gasteiger partial charge in [0, 0.05) is 0 Å². The predicted molar refractivity (Wildman–Crippen MR) is 24.8 cm³/mol. The molecule has 8 heavy (non-hydrogen) atoms. The summed E-state index contributed by atoms with van der Waals surface area (Å²) in [4.78, 5) is 0. The van der Waals surface area contributed by atoms with Crippen molar-refractivity contribution < 1.29 is 5.11 Å². The van der Waals surface area contributed by atoms with Gasteiger partial charge in [-0.2, -0.15) is 0 Å². The Morgan fingerprint density at radius 2 is 2.50 bits per heavy atom. The van der Waals surface area contributed by atoms with E-state index in [9.17, 15) is 0 Å². The van der Waals surface area contributed by atoms with E-state index in [1.165, 1.54) is 4.68 Å². The van der Waals surface area contributed by atoms with E-state index in [4.69, 9.17) is 5.11 Å². The second kappa shape index (κ2) is 1.87. The van der Waals surface area contributed by atoms with E-state index in [0.29, 0.717) is 5.82 Å². The van der Waals surface area contributed by atoms with E-state index in [2.05, 4.69) is 15.5 Å². The van der Waals surface area contributed by atoms with Crippen LogP contribution in [0.15, 0.2) is 0 Å². The molecule has 5 heteroatoms. The minimum absolute atomic E-state index is 0.154. The van der Waals surface area contributed by atoms with Crippen molar-refractivity contribution in [2.75, 3.05) is 0 Å². The smallest absolute Gasteiger partial charge is 0.150 e. The molecule has 0 atom stereocenters. The number of aromatic nitrogens is 4. The van der Waals surface area contributed by atoms with Crippen molar-refractivity contribution in [3.8, 4) is 0 Å². The molecule has 0 amide bonds. The maximum absolute atomic E-state index is 8.43. The molecule has 1 aromatic heterocycles. The standard InChI is InChI=1S/C3H6N4O/c1-3-4-5-6-7(3)2-8/h8H,2H2,1H3. The minimum atomic E-state index is -0.154. The van der Waals surface area contributed by atoms with Crippen molar-refractivity contribution in [2.24, 2.45) is 0 Å². The zero-order valence-corrected chi connectivity index (χ0v) is 4.44. The van der Waals surface area contributed by atoms with Crippen LogP contribution >= 0.6 is 0 Å². The highest BCUT2D eigenvalue weighted by molar-refractivity contribution is 4.70. The fourth-order valence-electron chi connectivity index (χ4n) is 0.380. The Morgan fingerprint density at radius 3 is 2.75 bits per heavy atom. The molecule has 44 valence electrons. The van der Waals surface area contributed by atoms with Crippen LogP contribution in [0.3, 0.4) is 0 Å². The molecule has 0 unspecified atom stereocenters. The summed E-state index contributed by atoms with van der Waals surface area (Å²) in [5.74, 6) is 0.618. The molecule has 0 bridgehead atoms. The van der Waals surface area contributed by atoms with Crippen LogP contribution in [-0.2, 0) is 6.73 Å². The zero-order chi connectivity index (χ0) is 5.98. The van der Waals surface area contributed by atoms with Crippen LogP contribution in [0.2, 0.25) is 0 Å². The first-order chi connectivity index (χ1) is 3.84. The molecule has 0 radical (unpaired) electrons. The van der Waals surface area contributed by atoms with Gasteiger partial charge >= 0.3 is 0 Å². The average Bonchev–Trinajstić information content (AvgIpc) is 2.14. The normalized spacial score (nSPS) is 9.75. The Hall–Kier alpha value is -0.970. The number of rotatable bonds is 1. The largest absolute Gasteiger partial charge is 0.374 e. The van der Waals surface area contributed by atoms with Crippen LogP contribution in [0.1, 0.15) is 5.82 Å². The van der Waals surface area contributed by atoms with Gasteiger partial charge in [-0.05, 0) is 17.4 Å². The van der Waals surface area contributed by atoms with Gasteiger partial charge in [-0.25, -0.2) is 4.68 Å². The fourth-order valence-corrected chi connectivity index (χ4v) is 0.380. The molecule has 0 saturated heterocycles. The molecule has 0 aliphatic rings. The van der Waals surface area contributed by atoms with E-state index in [1.54, 1.807) is 6.92 Å². The molecule has 5 nitrogen and oxygen atoms in total. The molecule has 1 aromatic rings. The van der Waals surface area contributed by atoms with Gasteiger partial charge in [-0.15, -0.1) is 5.10 Å². The molecule has 0 aliphatic heterocycles. The van der Waals surface area contributed by atoms with Gasteiger partial charge in [0.1, 0.15) is 6.73 Å². The third kappa shape index (κ3) is 0.671. The fraction of sp³-hybridized carbons (Fsp3) is 0.667. The molecular formula is C3H6N4O. The quantitative estimate of drug-likeness (QED) is 0.505. The summed E-state index contributed by atoms with van der Waals surface area (Å²) in [6.45, 7) is 1.56. The summed E-state index contributed by atoms with van der Waals surface area (Å²) in [6.07, 6.45) is 0. The third-order valence-corrected chi connectivity index (χ3v) is 0.845. The SMILES string of the molecule is Cc1nnnn1CO. The molecule has 1 N–H and O–H groups in total. The van der Waals surface area contributed by atoms with Gasteiger partial charge in [-0.3, -0.25) is 0 Å². The highest BCUT2D eigenvalue weighted by Crippen LogP contribution is 1.82. The lowest BCUT2D eigenvalue weighted by molar-refractivity contribution is 0.190. The Bertz CT molecular complexity index is 172. The molecule has 0 aromatic carbocycles. The van der Waals surface area contributed by atoms with Crippen molar-refractivity contribution in [3.05, 3.63) is 5.82 Å². The summed E-state index contributed by atoms with van der Waals surface area (Å²) in [5, 5.41) is 18.7. The van der Waals surface area contributed by atoms with Gasteiger partial charge in [-0.1, -0.05) is 0 Å². The van der Waals surface area contributed by atoms with E-state index < -0.39 is 0 Å². The molecule has 1 heterocycles. The monoisotopic (exact) mass is 114 g/mol. The Kier molecular flexibility index (Phi) is 1.21. The third-order valence-electron chi connectivity index (χ3n) is 0.845. The molecule has 0 aliphatic carbocycles. The predicted octanol–water partition coefficient (Wildman–Crippen LogP) is -1.07. The molecule has 0 spiro atoms. The van der Waals surface area contributed by atoms with E-state index in [0.717, 1.165) is 0 Å². The Morgan fingerprint density at radius 1 is 1.75 bits per heavy atom. The highest BCUT2D eigenvalue weighted by Gasteiger charge is 1.93. The maximum Gasteiger partial charge on any atom is 0.150 e. The summed E-state index contributed by atoms with van der Waals surface area (Å²) in [6, 6.07) is 0. The van der Waals surface area contributed by atoms with Crippen LogP contribution in [0.25, 0.3) is 0 Å². The van der Waals surface area contributed by atoms with Crippen molar-refractivity contribution in [1.82, 2.24) is 20.2 Å². The number of nitrogens with zero attached hydrogens (tertiary/aromatic N) is 4. The minimum Gasteiger partial charge on any atom is -0.374 e. The van der Waals surface area contributed by atoms with Crippen molar-refractivity contribution >= 4 is 0 Å². The van der Waals surface area contributed by atoms with Gasteiger partial charge in [0.25, 0.3) is 0 Å². The second-order valence-corrected chi connectivity index (χ2v) is 1.37. The molecule has 1 rings (SSSR count). The average molecular weight is 114 g/mol. The highest BCUT2D eigenvalue weighted by atomic mass is 16.3. The van der Waals surface area contributed by atoms with Crippen LogP contribution < -0.4 is 0 Å².